The SMILES string of the molecule is CC1CN(C(=O)c2ccc(F)c(F)c2)CC(CN)O1. The molecule has 2 atom stereocenters. The number of nitrogens with two attached hydrogens (primary N) is 1. The molecule has 1 heterocycles. The number of amides is 1. The molecule has 1 amide bonds. The maximum Gasteiger partial charge on any atom is 0.254 e. The van der Waals surface area contributed by atoms with Gasteiger partial charge >= 0.3 is 0 Å². The summed E-state index contributed by atoms with van der Waals surface area (Å²) in [5, 5.41) is 0. The highest BCUT2D eigenvalue weighted by molar-refractivity contribution is 5.94. The smallest absolute Gasteiger partial charge is 0.254 e. The van der Waals surface area contributed by atoms with E-state index in [0.717, 1.165) is 12.1 Å². The Labute approximate surface area is 110 Å². The fraction of sp³-hybridized carbons (Fsp3) is 0.462. The second-order valence-corrected chi connectivity index (χ2v) is 4.64. The van der Waals surface area contributed by atoms with Crippen molar-refractivity contribution in [2.24, 2.45) is 5.73 Å². The van der Waals surface area contributed by atoms with Crippen molar-refractivity contribution in [1.29, 1.82) is 0 Å². The van der Waals surface area contributed by atoms with Crippen LogP contribution in [0.25, 0.3) is 0 Å². The van der Waals surface area contributed by atoms with Gasteiger partial charge in [-0.3, -0.25) is 4.79 Å². The molecule has 0 aliphatic carbocycles. The predicted molar refractivity (Wildman–Crippen MR) is 65.7 cm³/mol. The van der Waals surface area contributed by atoms with E-state index in [9.17, 15) is 13.6 Å². The van der Waals surface area contributed by atoms with Gasteiger partial charge in [0, 0.05) is 25.2 Å². The van der Waals surface area contributed by atoms with E-state index in [1.165, 1.54) is 6.07 Å². The average molecular weight is 270 g/mol. The van der Waals surface area contributed by atoms with Crippen molar-refractivity contribution in [1.82, 2.24) is 4.90 Å². The van der Waals surface area contributed by atoms with Crippen LogP contribution in [0.3, 0.4) is 0 Å². The van der Waals surface area contributed by atoms with Crippen LogP contribution in [0.15, 0.2) is 18.2 Å². The molecule has 6 heteroatoms. The number of morpholine rings is 1. The van der Waals surface area contributed by atoms with Crippen molar-refractivity contribution in [3.8, 4) is 0 Å². The molecule has 1 aliphatic heterocycles. The summed E-state index contributed by atoms with van der Waals surface area (Å²) in [7, 11) is 0. The summed E-state index contributed by atoms with van der Waals surface area (Å²) in [5.41, 5.74) is 5.67. The molecule has 0 aromatic heterocycles. The quantitative estimate of drug-likeness (QED) is 0.877. The third kappa shape index (κ3) is 3.08. The topological polar surface area (TPSA) is 55.6 Å². The van der Waals surface area contributed by atoms with Crippen molar-refractivity contribution < 1.29 is 18.3 Å². The van der Waals surface area contributed by atoms with Gasteiger partial charge in [-0.05, 0) is 25.1 Å². The maximum absolute atomic E-state index is 13.1. The van der Waals surface area contributed by atoms with Crippen LogP contribution in [0.2, 0.25) is 0 Å². The zero-order valence-corrected chi connectivity index (χ0v) is 10.6. The first-order chi connectivity index (χ1) is 9.01. The Bertz CT molecular complexity index is 482. The molecule has 1 aromatic carbocycles. The predicted octanol–water partition coefficient (Wildman–Crippen LogP) is 1.15. The van der Waals surface area contributed by atoms with E-state index in [1.54, 1.807) is 4.90 Å². The van der Waals surface area contributed by atoms with Gasteiger partial charge < -0.3 is 15.4 Å². The summed E-state index contributed by atoms with van der Waals surface area (Å²) < 4.78 is 31.5. The van der Waals surface area contributed by atoms with Crippen LogP contribution in [0.5, 0.6) is 0 Å². The molecule has 4 nitrogen and oxygen atoms in total. The Hall–Kier alpha value is -1.53. The maximum atomic E-state index is 13.1. The molecule has 1 saturated heterocycles. The number of benzene rings is 1. The molecule has 0 saturated carbocycles. The van der Waals surface area contributed by atoms with Crippen LogP contribution in [0, 0.1) is 11.6 Å². The third-order valence-electron chi connectivity index (χ3n) is 3.04. The Balaban J connectivity index is 2.16. The number of hydrogen-bond donors (Lipinski definition) is 1. The number of ether oxygens (including phenoxy) is 1. The highest BCUT2D eigenvalue weighted by Crippen LogP contribution is 2.16. The second-order valence-electron chi connectivity index (χ2n) is 4.64. The van der Waals surface area contributed by atoms with Crippen LogP contribution >= 0.6 is 0 Å². The molecule has 104 valence electrons. The van der Waals surface area contributed by atoms with Crippen LogP contribution in [0.4, 0.5) is 8.78 Å². The third-order valence-corrected chi connectivity index (χ3v) is 3.04. The Morgan fingerprint density at radius 1 is 1.42 bits per heavy atom. The fourth-order valence-electron chi connectivity index (χ4n) is 2.15. The number of hydrogen-bond acceptors (Lipinski definition) is 3. The number of nitrogens with zero attached hydrogens (tertiary/aromatic N) is 1. The molecule has 1 aliphatic rings. The van der Waals surface area contributed by atoms with Crippen molar-refractivity contribution in [3.63, 3.8) is 0 Å². The van der Waals surface area contributed by atoms with E-state index in [0.29, 0.717) is 19.6 Å². The van der Waals surface area contributed by atoms with Crippen LogP contribution in [-0.4, -0.2) is 42.6 Å². The molecule has 0 radical (unpaired) electrons. The van der Waals surface area contributed by atoms with Gasteiger partial charge in [-0.15, -0.1) is 0 Å². The lowest BCUT2D eigenvalue weighted by atomic mass is 10.1. The molecule has 1 aromatic rings. The summed E-state index contributed by atoms with van der Waals surface area (Å²) >= 11 is 0. The molecular formula is C13H16F2N2O2. The standard InChI is InChI=1S/C13H16F2N2O2/c1-8-6-17(7-10(5-16)19-8)13(18)9-2-3-11(14)12(15)4-9/h2-4,8,10H,5-7,16H2,1H3. The largest absolute Gasteiger partial charge is 0.370 e. The summed E-state index contributed by atoms with van der Waals surface area (Å²) in [6.07, 6.45) is -0.352. The van der Waals surface area contributed by atoms with E-state index in [4.69, 9.17) is 10.5 Å². The normalized spacial score (nSPS) is 23.5. The lowest BCUT2D eigenvalue weighted by Gasteiger charge is -2.36. The highest BCUT2D eigenvalue weighted by atomic mass is 19.2. The van der Waals surface area contributed by atoms with Gasteiger partial charge in [-0.2, -0.15) is 0 Å². The number of rotatable bonds is 2. The van der Waals surface area contributed by atoms with Crippen molar-refractivity contribution >= 4 is 5.91 Å². The lowest BCUT2D eigenvalue weighted by molar-refractivity contribution is -0.0625. The van der Waals surface area contributed by atoms with Crippen molar-refractivity contribution in [2.45, 2.75) is 19.1 Å². The molecule has 2 N–H and O–H groups in total. The van der Waals surface area contributed by atoms with Crippen molar-refractivity contribution in [2.75, 3.05) is 19.6 Å². The van der Waals surface area contributed by atoms with Gasteiger partial charge in [-0.25, -0.2) is 8.78 Å². The minimum atomic E-state index is -1.03. The summed E-state index contributed by atoms with van der Waals surface area (Å²) in [4.78, 5) is 13.8. The Morgan fingerprint density at radius 3 is 2.79 bits per heavy atom. The Kier molecular flexibility index (Phi) is 4.11. The molecule has 2 rings (SSSR count). The van der Waals surface area contributed by atoms with E-state index in [-0.39, 0.29) is 23.7 Å². The fourth-order valence-corrected chi connectivity index (χ4v) is 2.15. The number of carbonyl (C=O) groups excluding carboxylic acids is 1. The van der Waals surface area contributed by atoms with Gasteiger partial charge in [-0.1, -0.05) is 0 Å². The van der Waals surface area contributed by atoms with Crippen molar-refractivity contribution in [3.05, 3.63) is 35.4 Å². The van der Waals surface area contributed by atoms with Crippen LogP contribution in [0.1, 0.15) is 17.3 Å². The molecular weight excluding hydrogens is 254 g/mol. The molecule has 2 unspecified atom stereocenters. The first kappa shape index (κ1) is 13.9. The van der Waals surface area contributed by atoms with E-state index in [1.807, 2.05) is 6.92 Å². The van der Waals surface area contributed by atoms with Crippen LogP contribution in [-0.2, 0) is 4.74 Å². The summed E-state index contributed by atoms with van der Waals surface area (Å²) in [5.74, 6) is -2.33. The number of carbonyl (C=O) groups is 1. The van der Waals surface area contributed by atoms with Gasteiger partial charge in [0.15, 0.2) is 11.6 Å². The first-order valence-corrected chi connectivity index (χ1v) is 6.11. The summed E-state index contributed by atoms with van der Waals surface area (Å²) in [6, 6.07) is 3.14. The van der Waals surface area contributed by atoms with Gasteiger partial charge in [0.2, 0.25) is 0 Å². The molecule has 1 fully saturated rings. The van der Waals surface area contributed by atoms with Gasteiger partial charge in [0.25, 0.3) is 5.91 Å². The molecule has 0 bridgehead atoms. The lowest BCUT2D eigenvalue weighted by Crippen LogP contribution is -2.51. The highest BCUT2D eigenvalue weighted by Gasteiger charge is 2.28. The van der Waals surface area contributed by atoms with Gasteiger partial charge in [0.05, 0.1) is 12.2 Å². The Morgan fingerprint density at radius 2 is 2.16 bits per heavy atom. The minimum Gasteiger partial charge on any atom is -0.370 e. The summed E-state index contributed by atoms with van der Waals surface area (Å²) in [6.45, 7) is 2.92. The van der Waals surface area contributed by atoms with E-state index < -0.39 is 11.6 Å². The zero-order valence-electron chi connectivity index (χ0n) is 10.6. The van der Waals surface area contributed by atoms with Crippen LogP contribution < -0.4 is 5.73 Å². The zero-order chi connectivity index (χ0) is 14.0. The number of halogens is 2. The molecule has 0 spiro atoms. The van der Waals surface area contributed by atoms with E-state index >= 15 is 0 Å². The molecule has 19 heavy (non-hydrogen) atoms. The van der Waals surface area contributed by atoms with E-state index in [2.05, 4.69) is 0 Å². The minimum absolute atomic E-state index is 0.128. The average Bonchev–Trinajstić information content (AvgIpc) is 2.40. The monoisotopic (exact) mass is 270 g/mol. The second kappa shape index (κ2) is 5.63. The van der Waals surface area contributed by atoms with Gasteiger partial charge in [0.1, 0.15) is 0 Å². The first-order valence-electron chi connectivity index (χ1n) is 6.11.